The highest BCUT2D eigenvalue weighted by Crippen LogP contribution is 2.36. The average molecular weight is 402 g/mol. The van der Waals surface area contributed by atoms with E-state index in [1.807, 2.05) is 0 Å². The van der Waals surface area contributed by atoms with Crippen LogP contribution in [0.15, 0.2) is 34.8 Å². The molecule has 0 atom stereocenters. The van der Waals surface area contributed by atoms with Crippen LogP contribution in [0.4, 0.5) is 0 Å². The van der Waals surface area contributed by atoms with Crippen molar-refractivity contribution in [2.75, 3.05) is 13.2 Å². The van der Waals surface area contributed by atoms with Crippen LogP contribution in [0.25, 0.3) is 0 Å². The van der Waals surface area contributed by atoms with Gasteiger partial charge in [-0.25, -0.2) is 0 Å². The number of ketones is 1. The summed E-state index contributed by atoms with van der Waals surface area (Å²) in [5.74, 6) is 0.987. The summed E-state index contributed by atoms with van der Waals surface area (Å²) in [6.07, 6.45) is 0.804. The summed E-state index contributed by atoms with van der Waals surface area (Å²) in [6.45, 7) is 1.15. The zero-order valence-corrected chi connectivity index (χ0v) is 14.5. The molecule has 0 fully saturated rings. The number of fused-ring (bicyclic) bond motifs is 1. The third-order valence-corrected chi connectivity index (χ3v) is 4.46. The fourth-order valence-electron chi connectivity index (χ4n) is 2.18. The highest BCUT2D eigenvalue weighted by molar-refractivity contribution is 9.10. The van der Waals surface area contributed by atoms with Crippen LogP contribution < -0.4 is 9.47 Å². The molecule has 2 aromatic carbocycles. The highest BCUT2D eigenvalue weighted by Gasteiger charge is 2.20. The van der Waals surface area contributed by atoms with E-state index in [1.165, 1.54) is 0 Å². The first kappa shape index (κ1) is 15.7. The van der Waals surface area contributed by atoms with Crippen molar-refractivity contribution in [3.05, 3.63) is 56.0 Å². The minimum atomic E-state index is -0.204. The van der Waals surface area contributed by atoms with Crippen LogP contribution >= 0.6 is 39.1 Å². The number of hydrogen-bond acceptors (Lipinski definition) is 3. The Morgan fingerprint density at radius 1 is 1.00 bits per heavy atom. The summed E-state index contributed by atoms with van der Waals surface area (Å²) < 4.78 is 11.9. The van der Waals surface area contributed by atoms with Crippen LogP contribution in [-0.2, 0) is 0 Å². The molecule has 0 N–H and O–H groups in total. The van der Waals surface area contributed by atoms with Gasteiger partial charge in [0.15, 0.2) is 17.3 Å². The predicted molar refractivity (Wildman–Crippen MR) is 89.6 cm³/mol. The molecule has 6 heteroatoms. The van der Waals surface area contributed by atoms with Gasteiger partial charge in [-0.15, -0.1) is 0 Å². The first-order valence-electron chi connectivity index (χ1n) is 6.65. The van der Waals surface area contributed by atoms with E-state index in [1.54, 1.807) is 30.3 Å². The van der Waals surface area contributed by atoms with E-state index in [9.17, 15) is 4.79 Å². The van der Waals surface area contributed by atoms with E-state index >= 15 is 0 Å². The van der Waals surface area contributed by atoms with E-state index in [0.717, 1.165) is 6.42 Å². The smallest absolute Gasteiger partial charge is 0.195 e. The fraction of sp³-hybridized carbons (Fsp3) is 0.188. The molecule has 2 aromatic rings. The Balaban J connectivity index is 2.04. The highest BCUT2D eigenvalue weighted by atomic mass is 79.9. The molecule has 0 bridgehead atoms. The van der Waals surface area contributed by atoms with Crippen molar-refractivity contribution in [1.29, 1.82) is 0 Å². The van der Waals surface area contributed by atoms with Gasteiger partial charge in [-0.05, 0) is 46.3 Å². The van der Waals surface area contributed by atoms with Crippen molar-refractivity contribution >= 4 is 44.9 Å². The first-order valence-corrected chi connectivity index (χ1v) is 8.20. The monoisotopic (exact) mass is 400 g/mol. The summed E-state index contributed by atoms with van der Waals surface area (Å²) in [7, 11) is 0. The molecular weight excluding hydrogens is 391 g/mol. The molecule has 1 heterocycles. The van der Waals surface area contributed by atoms with Gasteiger partial charge in [0.05, 0.1) is 18.2 Å². The minimum absolute atomic E-state index is 0.204. The molecule has 0 radical (unpaired) electrons. The van der Waals surface area contributed by atoms with Crippen LogP contribution in [0.3, 0.4) is 0 Å². The van der Waals surface area contributed by atoms with Gasteiger partial charge in [-0.3, -0.25) is 4.79 Å². The van der Waals surface area contributed by atoms with Gasteiger partial charge in [0.2, 0.25) is 0 Å². The van der Waals surface area contributed by atoms with Gasteiger partial charge in [-0.1, -0.05) is 23.2 Å². The van der Waals surface area contributed by atoms with E-state index in [-0.39, 0.29) is 5.78 Å². The lowest BCUT2D eigenvalue weighted by Crippen LogP contribution is -2.04. The van der Waals surface area contributed by atoms with Crippen molar-refractivity contribution < 1.29 is 14.3 Å². The van der Waals surface area contributed by atoms with Crippen molar-refractivity contribution in [1.82, 2.24) is 0 Å². The number of carbonyl (C=O) groups is 1. The lowest BCUT2D eigenvalue weighted by molar-refractivity contribution is 0.103. The molecule has 0 unspecified atom stereocenters. The second-order valence-corrected chi connectivity index (χ2v) is 6.48. The second-order valence-electron chi connectivity index (χ2n) is 4.78. The minimum Gasteiger partial charge on any atom is -0.490 e. The molecule has 0 saturated carbocycles. The molecule has 3 nitrogen and oxygen atoms in total. The molecule has 0 spiro atoms. The summed E-state index contributed by atoms with van der Waals surface area (Å²) in [5, 5.41) is 0.802. The van der Waals surface area contributed by atoms with E-state index < -0.39 is 0 Å². The normalized spacial score (nSPS) is 13.6. The van der Waals surface area contributed by atoms with E-state index in [4.69, 9.17) is 32.7 Å². The Morgan fingerprint density at radius 3 is 2.36 bits per heavy atom. The molecule has 114 valence electrons. The average Bonchev–Trinajstić information content (AvgIpc) is 2.70. The lowest BCUT2D eigenvalue weighted by Gasteiger charge is -2.12. The van der Waals surface area contributed by atoms with Crippen LogP contribution in [-0.4, -0.2) is 19.0 Å². The molecule has 22 heavy (non-hydrogen) atoms. The largest absolute Gasteiger partial charge is 0.490 e. The standard InChI is InChI=1S/C16H11BrCl2O3/c17-12-8-15-14(21-4-1-5-22-15)7-11(12)16(20)10-3-2-9(18)6-13(10)19/h2-3,6-8H,1,4-5H2. The SMILES string of the molecule is O=C(c1ccc(Cl)cc1Cl)c1cc2c(cc1Br)OCCCO2. The zero-order valence-electron chi connectivity index (χ0n) is 11.4. The van der Waals surface area contributed by atoms with Gasteiger partial charge in [-0.2, -0.15) is 0 Å². The predicted octanol–water partition coefficient (Wildman–Crippen LogP) is 5.15. The molecule has 3 rings (SSSR count). The number of hydrogen-bond donors (Lipinski definition) is 0. The zero-order chi connectivity index (χ0) is 15.7. The molecule has 1 aliphatic heterocycles. The molecule has 1 aliphatic rings. The number of carbonyl (C=O) groups excluding carboxylic acids is 1. The Labute approximate surface area is 146 Å². The Bertz CT molecular complexity index is 746. The van der Waals surface area contributed by atoms with Gasteiger partial charge in [0.25, 0.3) is 0 Å². The van der Waals surface area contributed by atoms with Crippen LogP contribution in [0, 0.1) is 0 Å². The molecule has 0 saturated heterocycles. The third-order valence-electron chi connectivity index (χ3n) is 3.26. The molecule has 0 aliphatic carbocycles. The Morgan fingerprint density at radius 2 is 1.68 bits per heavy atom. The molecule has 0 amide bonds. The quantitative estimate of drug-likeness (QED) is 0.653. The second kappa shape index (κ2) is 6.49. The van der Waals surface area contributed by atoms with Crippen molar-refractivity contribution in [3.8, 4) is 11.5 Å². The van der Waals surface area contributed by atoms with Crippen molar-refractivity contribution in [2.45, 2.75) is 6.42 Å². The number of benzene rings is 2. The summed E-state index contributed by atoms with van der Waals surface area (Å²) in [5.41, 5.74) is 0.856. The third kappa shape index (κ3) is 3.09. The molecule has 0 aromatic heterocycles. The van der Waals surface area contributed by atoms with Gasteiger partial charge < -0.3 is 9.47 Å². The van der Waals surface area contributed by atoms with Gasteiger partial charge >= 0.3 is 0 Å². The maximum atomic E-state index is 12.7. The fourth-order valence-corrected chi connectivity index (χ4v) is 3.17. The number of ether oxygens (including phenoxy) is 2. The van der Waals surface area contributed by atoms with E-state index in [2.05, 4.69) is 15.9 Å². The van der Waals surface area contributed by atoms with Crippen molar-refractivity contribution in [2.24, 2.45) is 0 Å². The van der Waals surface area contributed by atoms with Gasteiger partial charge in [0, 0.05) is 27.0 Å². The van der Waals surface area contributed by atoms with Crippen LogP contribution in [0.5, 0.6) is 11.5 Å². The first-order chi connectivity index (χ1) is 10.6. The van der Waals surface area contributed by atoms with Crippen LogP contribution in [0.1, 0.15) is 22.3 Å². The summed E-state index contributed by atoms with van der Waals surface area (Å²) >= 11 is 15.4. The number of halogens is 3. The summed E-state index contributed by atoms with van der Waals surface area (Å²) in [6, 6.07) is 8.23. The Kier molecular flexibility index (Phi) is 4.62. The van der Waals surface area contributed by atoms with Crippen LogP contribution in [0.2, 0.25) is 10.0 Å². The lowest BCUT2D eigenvalue weighted by atomic mass is 10.0. The number of rotatable bonds is 2. The summed E-state index contributed by atoms with van der Waals surface area (Å²) in [4.78, 5) is 12.7. The topological polar surface area (TPSA) is 35.5 Å². The van der Waals surface area contributed by atoms with Crippen molar-refractivity contribution in [3.63, 3.8) is 0 Å². The van der Waals surface area contributed by atoms with Gasteiger partial charge in [0.1, 0.15) is 0 Å². The van der Waals surface area contributed by atoms with E-state index in [0.29, 0.717) is 50.4 Å². The Hall–Kier alpha value is -1.23. The maximum absolute atomic E-state index is 12.7. The maximum Gasteiger partial charge on any atom is 0.195 e. The molecular formula is C16H11BrCl2O3.